The second-order valence-electron chi connectivity index (χ2n) is 3.93. The van der Waals surface area contributed by atoms with E-state index in [-0.39, 0.29) is 5.97 Å². The van der Waals surface area contributed by atoms with Crippen LogP contribution in [-0.4, -0.2) is 27.3 Å². The third-order valence-corrected chi connectivity index (χ3v) is 4.06. The molecule has 0 amide bonds. The molecule has 0 bridgehead atoms. The Hall–Kier alpha value is -1.53. The number of carbonyl (C=O) groups excluding carboxylic acids is 1. The predicted molar refractivity (Wildman–Crippen MR) is 78.0 cm³/mol. The highest BCUT2D eigenvalue weighted by Crippen LogP contribution is 2.28. The number of carbonyl (C=O) groups is 1. The van der Waals surface area contributed by atoms with E-state index in [0.29, 0.717) is 22.9 Å². The summed E-state index contributed by atoms with van der Waals surface area (Å²) in [7, 11) is 1.79. The lowest BCUT2D eigenvalue weighted by Crippen LogP contribution is -2.08. The van der Waals surface area contributed by atoms with Gasteiger partial charge in [-0.15, -0.1) is 0 Å². The zero-order valence-electron chi connectivity index (χ0n) is 11.2. The average molecular weight is 312 g/mol. The first-order chi connectivity index (χ1) is 9.63. The van der Waals surface area contributed by atoms with Gasteiger partial charge in [0, 0.05) is 19.0 Å². The lowest BCUT2D eigenvalue weighted by Gasteiger charge is -2.06. The van der Waals surface area contributed by atoms with Gasteiger partial charge in [-0.25, -0.2) is 9.78 Å². The zero-order valence-corrected chi connectivity index (χ0v) is 12.7. The van der Waals surface area contributed by atoms with Gasteiger partial charge in [-0.05, 0) is 19.1 Å². The minimum absolute atomic E-state index is 0.340. The van der Waals surface area contributed by atoms with E-state index in [0.717, 1.165) is 10.7 Å². The van der Waals surface area contributed by atoms with Gasteiger partial charge in [0.05, 0.1) is 23.5 Å². The number of thioether (sulfide) groups is 1. The van der Waals surface area contributed by atoms with Crippen molar-refractivity contribution >= 4 is 29.3 Å². The molecule has 0 aromatic carbocycles. The van der Waals surface area contributed by atoms with Crippen LogP contribution in [0.25, 0.3) is 0 Å². The van der Waals surface area contributed by atoms with Crippen molar-refractivity contribution in [3.63, 3.8) is 0 Å². The van der Waals surface area contributed by atoms with E-state index >= 15 is 0 Å². The van der Waals surface area contributed by atoms with E-state index in [1.807, 2.05) is 0 Å². The number of aryl methyl sites for hydroxylation is 1. The highest BCUT2D eigenvalue weighted by atomic mass is 35.5. The lowest BCUT2D eigenvalue weighted by atomic mass is 10.3. The second kappa shape index (κ2) is 6.76. The van der Waals surface area contributed by atoms with Gasteiger partial charge < -0.3 is 4.74 Å². The second-order valence-corrected chi connectivity index (χ2v) is 5.30. The maximum Gasteiger partial charge on any atom is 0.341 e. The molecule has 2 aromatic rings. The summed E-state index contributed by atoms with van der Waals surface area (Å²) in [5.74, 6) is 0.185. The maximum absolute atomic E-state index is 11.8. The van der Waals surface area contributed by atoms with Crippen LogP contribution in [0.5, 0.6) is 0 Å². The molecule has 0 saturated heterocycles. The molecule has 0 aliphatic heterocycles. The smallest absolute Gasteiger partial charge is 0.341 e. The molecule has 0 aliphatic rings. The van der Waals surface area contributed by atoms with Crippen LogP contribution in [0.3, 0.4) is 0 Å². The highest BCUT2D eigenvalue weighted by Gasteiger charge is 2.17. The fraction of sp³-hybridized carbons (Fsp3) is 0.308. The molecule has 2 aromatic heterocycles. The molecule has 2 heterocycles. The average Bonchev–Trinajstić information content (AvgIpc) is 2.79. The molecule has 20 heavy (non-hydrogen) atoms. The number of aromatic nitrogens is 3. The summed E-state index contributed by atoms with van der Waals surface area (Å²) in [5.41, 5.74) is 1.27. The predicted octanol–water partition coefficient (Wildman–Crippen LogP) is 2.94. The number of halogens is 1. The van der Waals surface area contributed by atoms with Crippen molar-refractivity contribution in [3.05, 3.63) is 40.8 Å². The van der Waals surface area contributed by atoms with Crippen LogP contribution in [0, 0.1) is 0 Å². The third-order valence-electron chi connectivity index (χ3n) is 2.63. The minimum Gasteiger partial charge on any atom is -0.462 e. The normalized spacial score (nSPS) is 10.6. The van der Waals surface area contributed by atoms with Gasteiger partial charge in [-0.2, -0.15) is 5.10 Å². The number of pyridine rings is 1. The minimum atomic E-state index is -0.358. The fourth-order valence-electron chi connectivity index (χ4n) is 1.63. The summed E-state index contributed by atoms with van der Waals surface area (Å²) in [4.78, 5) is 16.0. The topological polar surface area (TPSA) is 57.0 Å². The number of ether oxygens (including phenoxy) is 1. The van der Waals surface area contributed by atoms with Crippen molar-refractivity contribution in [2.24, 2.45) is 7.05 Å². The maximum atomic E-state index is 11.8. The van der Waals surface area contributed by atoms with Gasteiger partial charge in [0.2, 0.25) is 0 Å². The Morgan fingerprint density at radius 3 is 3.05 bits per heavy atom. The molecule has 5 nitrogen and oxygen atoms in total. The van der Waals surface area contributed by atoms with Crippen molar-refractivity contribution in [1.29, 1.82) is 0 Å². The van der Waals surface area contributed by atoms with E-state index in [1.54, 1.807) is 37.0 Å². The standard InChI is InChI=1S/C13H14ClN3O2S/c1-3-19-13(18)9-7-16-17(2)11(9)8-20-12-10(14)5-4-6-15-12/h4-7H,3,8H2,1-2H3. The van der Waals surface area contributed by atoms with Crippen LogP contribution < -0.4 is 0 Å². The molecular formula is C13H14ClN3O2S. The van der Waals surface area contributed by atoms with Gasteiger partial charge in [0.15, 0.2) is 0 Å². The van der Waals surface area contributed by atoms with E-state index < -0.39 is 0 Å². The summed E-state index contributed by atoms with van der Waals surface area (Å²) in [6.45, 7) is 2.11. The largest absolute Gasteiger partial charge is 0.462 e. The van der Waals surface area contributed by atoms with Crippen molar-refractivity contribution in [1.82, 2.24) is 14.8 Å². The van der Waals surface area contributed by atoms with Crippen molar-refractivity contribution in [3.8, 4) is 0 Å². The summed E-state index contributed by atoms with van der Waals surface area (Å²) in [5, 5.41) is 5.43. The van der Waals surface area contributed by atoms with Crippen molar-refractivity contribution < 1.29 is 9.53 Å². The highest BCUT2D eigenvalue weighted by molar-refractivity contribution is 7.98. The van der Waals surface area contributed by atoms with Crippen LogP contribution in [0.15, 0.2) is 29.6 Å². The van der Waals surface area contributed by atoms with Gasteiger partial charge in [-0.3, -0.25) is 4.68 Å². The molecule has 0 N–H and O–H groups in total. The monoisotopic (exact) mass is 311 g/mol. The first kappa shape index (κ1) is 14.9. The summed E-state index contributed by atoms with van der Waals surface area (Å²) in [6.07, 6.45) is 3.21. The Labute approximate surface area is 126 Å². The molecule has 0 unspecified atom stereocenters. The summed E-state index contributed by atoms with van der Waals surface area (Å²) >= 11 is 7.52. The Morgan fingerprint density at radius 2 is 2.35 bits per heavy atom. The van der Waals surface area contributed by atoms with Crippen LogP contribution in [0.2, 0.25) is 5.02 Å². The molecule has 0 aliphatic carbocycles. The van der Waals surface area contributed by atoms with Crippen LogP contribution in [0.4, 0.5) is 0 Å². The molecule has 0 saturated carbocycles. The van der Waals surface area contributed by atoms with E-state index in [4.69, 9.17) is 16.3 Å². The van der Waals surface area contributed by atoms with Crippen molar-refractivity contribution in [2.45, 2.75) is 17.7 Å². The van der Waals surface area contributed by atoms with Gasteiger partial charge >= 0.3 is 5.97 Å². The van der Waals surface area contributed by atoms with Crippen LogP contribution >= 0.6 is 23.4 Å². The number of esters is 1. The molecule has 0 atom stereocenters. The van der Waals surface area contributed by atoms with Gasteiger partial charge in [0.25, 0.3) is 0 Å². The molecule has 106 valence electrons. The van der Waals surface area contributed by atoms with Gasteiger partial charge in [-0.1, -0.05) is 23.4 Å². The quantitative estimate of drug-likeness (QED) is 0.627. The molecular weight excluding hydrogens is 298 g/mol. The van der Waals surface area contributed by atoms with E-state index in [1.165, 1.54) is 18.0 Å². The Morgan fingerprint density at radius 1 is 1.55 bits per heavy atom. The number of hydrogen-bond donors (Lipinski definition) is 0. The van der Waals surface area contributed by atoms with Crippen molar-refractivity contribution in [2.75, 3.05) is 6.61 Å². The van der Waals surface area contributed by atoms with Crippen LogP contribution in [0.1, 0.15) is 23.0 Å². The van der Waals surface area contributed by atoms with E-state index in [9.17, 15) is 4.79 Å². The zero-order chi connectivity index (χ0) is 14.5. The Bertz CT molecular complexity index is 615. The Balaban J connectivity index is 2.15. The summed E-state index contributed by atoms with van der Waals surface area (Å²) < 4.78 is 6.68. The number of hydrogen-bond acceptors (Lipinski definition) is 5. The fourth-order valence-corrected chi connectivity index (χ4v) is 2.87. The van der Waals surface area contributed by atoms with Crippen LogP contribution in [-0.2, 0) is 17.5 Å². The molecule has 0 radical (unpaired) electrons. The first-order valence-corrected chi connectivity index (χ1v) is 7.41. The third kappa shape index (κ3) is 3.32. The SMILES string of the molecule is CCOC(=O)c1cnn(C)c1CSc1ncccc1Cl. The molecule has 0 spiro atoms. The first-order valence-electron chi connectivity index (χ1n) is 6.04. The Kier molecular flexibility index (Phi) is 5.03. The summed E-state index contributed by atoms with van der Waals surface area (Å²) in [6, 6.07) is 3.56. The number of rotatable bonds is 5. The number of nitrogens with zero attached hydrogens (tertiary/aromatic N) is 3. The van der Waals surface area contributed by atoms with E-state index in [2.05, 4.69) is 10.1 Å². The molecule has 7 heteroatoms. The van der Waals surface area contributed by atoms with Gasteiger partial charge in [0.1, 0.15) is 10.6 Å². The lowest BCUT2D eigenvalue weighted by molar-refractivity contribution is 0.0525. The molecule has 2 rings (SSSR count). The molecule has 0 fully saturated rings.